The van der Waals surface area contributed by atoms with E-state index in [0.29, 0.717) is 36.5 Å². The Labute approximate surface area is 224 Å². The van der Waals surface area contributed by atoms with Crippen molar-refractivity contribution in [2.75, 3.05) is 18.5 Å². The number of carbonyl (C=O) groups is 3. The van der Waals surface area contributed by atoms with E-state index in [-0.39, 0.29) is 34.6 Å². The van der Waals surface area contributed by atoms with Crippen molar-refractivity contribution >= 4 is 33.4 Å². The average molecular weight is 547 g/mol. The topological polar surface area (TPSA) is 119 Å². The van der Waals surface area contributed by atoms with Crippen LogP contribution in [0.25, 0.3) is 0 Å². The number of hydrogen-bond acceptors (Lipinski definition) is 7. The maximum absolute atomic E-state index is 13.8. The molecule has 0 radical (unpaired) electrons. The minimum absolute atomic E-state index is 0.0504. The van der Waals surface area contributed by atoms with E-state index in [1.807, 2.05) is 13.8 Å². The summed E-state index contributed by atoms with van der Waals surface area (Å²) in [6, 6.07) is 5.81. The third kappa shape index (κ3) is 5.77. The molecule has 0 saturated carbocycles. The molecule has 3 amide bonds. The van der Waals surface area contributed by atoms with Gasteiger partial charge in [-0.15, -0.1) is 0 Å². The predicted octanol–water partition coefficient (Wildman–Crippen LogP) is 4.00. The molecule has 0 bridgehead atoms. The molecule has 1 aliphatic rings. The largest absolute Gasteiger partial charge is 0.444 e. The first-order valence-corrected chi connectivity index (χ1v) is 14.3. The second-order valence-corrected chi connectivity index (χ2v) is 13.0. The smallest absolute Gasteiger partial charge is 0.410 e. The van der Waals surface area contributed by atoms with Gasteiger partial charge in [-0.2, -0.15) is 5.10 Å². The highest BCUT2D eigenvalue weighted by molar-refractivity contribution is 7.91. The van der Waals surface area contributed by atoms with Crippen molar-refractivity contribution in [3.8, 4) is 0 Å². The first-order valence-electron chi connectivity index (χ1n) is 12.8. The zero-order valence-electron chi connectivity index (χ0n) is 23.5. The number of amides is 3. The number of likely N-dealkylation sites (N-methyl/N-ethyl adjacent to an activating group) is 1. The van der Waals surface area contributed by atoms with Gasteiger partial charge in [0.15, 0.2) is 0 Å². The molecule has 0 N–H and O–H groups in total. The zero-order valence-corrected chi connectivity index (χ0v) is 24.3. The highest BCUT2D eigenvalue weighted by Crippen LogP contribution is 2.36. The van der Waals surface area contributed by atoms with Crippen LogP contribution in [0, 0.1) is 5.41 Å². The molecule has 0 unspecified atom stereocenters. The van der Waals surface area contributed by atoms with Crippen LogP contribution in [-0.4, -0.2) is 60.2 Å². The first kappa shape index (κ1) is 29.3. The molecule has 11 heteroatoms. The highest BCUT2D eigenvalue weighted by atomic mass is 32.2. The lowest BCUT2D eigenvalue weighted by atomic mass is 9.92. The van der Waals surface area contributed by atoms with Gasteiger partial charge in [0.05, 0.1) is 33.9 Å². The summed E-state index contributed by atoms with van der Waals surface area (Å²) in [6.45, 7) is 13.1. The number of imide groups is 1. The molecule has 1 aliphatic heterocycles. The predicted molar refractivity (Wildman–Crippen MR) is 143 cm³/mol. The number of benzene rings is 1. The van der Waals surface area contributed by atoms with Gasteiger partial charge in [0.2, 0.25) is 21.7 Å². The standard InChI is InChI=1S/C27H38N4O6S/c1-9-20-23(21(10-2)30(28-20)16-15-29(8)25(34)37-26(3,4)5)38(35,36)19-13-11-18(12-14-19)31-22(32)17-27(6,7)24(31)33/h11-14H,9-10,15-17H2,1-8H3. The van der Waals surface area contributed by atoms with Crippen LogP contribution in [-0.2, 0) is 43.5 Å². The van der Waals surface area contributed by atoms with E-state index in [2.05, 4.69) is 5.10 Å². The second-order valence-electron chi connectivity index (χ2n) is 11.1. The van der Waals surface area contributed by atoms with Crippen LogP contribution in [0.5, 0.6) is 0 Å². The van der Waals surface area contributed by atoms with Gasteiger partial charge in [-0.1, -0.05) is 27.7 Å². The summed E-state index contributed by atoms with van der Waals surface area (Å²) in [6.07, 6.45) is 0.459. The maximum atomic E-state index is 13.8. The molecule has 0 aliphatic carbocycles. The fourth-order valence-corrected chi connectivity index (χ4v) is 6.17. The Morgan fingerprint density at radius 1 is 1.11 bits per heavy atom. The Kier molecular flexibility index (Phi) is 8.12. The number of anilines is 1. The number of rotatable bonds is 8. The third-order valence-corrected chi connectivity index (χ3v) is 8.30. The normalized spacial score (nSPS) is 15.7. The quantitative estimate of drug-likeness (QED) is 0.459. The van der Waals surface area contributed by atoms with Gasteiger partial charge in [-0.3, -0.25) is 19.2 Å². The third-order valence-electron chi connectivity index (χ3n) is 6.40. The van der Waals surface area contributed by atoms with Crippen molar-refractivity contribution in [3.05, 3.63) is 35.7 Å². The summed E-state index contributed by atoms with van der Waals surface area (Å²) in [5.74, 6) is -0.618. The fourth-order valence-electron chi connectivity index (χ4n) is 4.38. The van der Waals surface area contributed by atoms with E-state index in [1.54, 1.807) is 46.3 Å². The van der Waals surface area contributed by atoms with Crippen molar-refractivity contribution in [2.24, 2.45) is 5.41 Å². The summed E-state index contributed by atoms with van der Waals surface area (Å²) in [7, 11) is -2.32. The van der Waals surface area contributed by atoms with Gasteiger partial charge >= 0.3 is 6.09 Å². The Morgan fingerprint density at radius 2 is 1.71 bits per heavy atom. The SMILES string of the molecule is CCc1nn(CCN(C)C(=O)OC(C)(C)C)c(CC)c1S(=O)(=O)c1ccc(N2C(=O)CC(C)(C)C2=O)cc1. The first-order chi connectivity index (χ1) is 17.5. The molecule has 0 atom stereocenters. The molecule has 2 heterocycles. The van der Waals surface area contributed by atoms with E-state index in [0.717, 1.165) is 4.90 Å². The van der Waals surface area contributed by atoms with E-state index in [9.17, 15) is 22.8 Å². The maximum Gasteiger partial charge on any atom is 0.410 e. The van der Waals surface area contributed by atoms with Gasteiger partial charge in [-0.25, -0.2) is 13.2 Å². The molecule has 38 heavy (non-hydrogen) atoms. The number of aromatic nitrogens is 2. The average Bonchev–Trinajstić information content (AvgIpc) is 3.29. The number of sulfone groups is 1. The van der Waals surface area contributed by atoms with Crippen LogP contribution < -0.4 is 4.90 Å². The molecular weight excluding hydrogens is 508 g/mol. The van der Waals surface area contributed by atoms with E-state index < -0.39 is 26.9 Å². The number of nitrogens with zero attached hydrogens (tertiary/aromatic N) is 4. The summed E-state index contributed by atoms with van der Waals surface area (Å²) < 4.78 is 34.6. The van der Waals surface area contributed by atoms with Crippen molar-refractivity contribution < 1.29 is 27.5 Å². The Hall–Kier alpha value is -3.21. The number of aryl methyl sites for hydroxylation is 1. The number of carbonyl (C=O) groups excluding carboxylic acids is 3. The Balaban J connectivity index is 1.90. The van der Waals surface area contributed by atoms with E-state index >= 15 is 0 Å². The minimum Gasteiger partial charge on any atom is -0.444 e. The van der Waals surface area contributed by atoms with Gasteiger partial charge in [0, 0.05) is 20.0 Å². The summed E-state index contributed by atoms with van der Waals surface area (Å²) in [4.78, 5) is 40.2. The number of hydrogen-bond donors (Lipinski definition) is 0. The second kappa shape index (κ2) is 10.5. The van der Waals surface area contributed by atoms with Crippen LogP contribution in [0.3, 0.4) is 0 Å². The molecule has 1 aromatic heterocycles. The molecule has 1 fully saturated rings. The summed E-state index contributed by atoms with van der Waals surface area (Å²) >= 11 is 0. The zero-order chi connectivity index (χ0) is 28.6. The molecule has 10 nitrogen and oxygen atoms in total. The van der Waals surface area contributed by atoms with Crippen molar-refractivity contribution in [1.29, 1.82) is 0 Å². The monoisotopic (exact) mass is 546 g/mol. The molecule has 1 saturated heterocycles. The summed E-state index contributed by atoms with van der Waals surface area (Å²) in [5.41, 5.74) is -0.0758. The molecular formula is C27H38N4O6S. The lowest BCUT2D eigenvalue weighted by molar-refractivity contribution is -0.124. The molecule has 2 aromatic rings. The van der Waals surface area contributed by atoms with Crippen LogP contribution in [0.2, 0.25) is 0 Å². The van der Waals surface area contributed by atoms with Crippen molar-refractivity contribution in [2.45, 2.75) is 89.7 Å². The van der Waals surface area contributed by atoms with Crippen LogP contribution in [0.1, 0.15) is 66.3 Å². The molecule has 208 valence electrons. The van der Waals surface area contributed by atoms with Crippen LogP contribution in [0.15, 0.2) is 34.1 Å². The highest BCUT2D eigenvalue weighted by Gasteiger charge is 2.45. The van der Waals surface area contributed by atoms with E-state index in [4.69, 9.17) is 4.74 Å². The molecule has 1 aromatic carbocycles. The van der Waals surface area contributed by atoms with Gasteiger partial charge in [0.1, 0.15) is 10.5 Å². The van der Waals surface area contributed by atoms with Gasteiger partial charge < -0.3 is 9.64 Å². The Morgan fingerprint density at radius 3 is 2.18 bits per heavy atom. The van der Waals surface area contributed by atoms with Crippen molar-refractivity contribution in [3.63, 3.8) is 0 Å². The molecule has 0 spiro atoms. The van der Waals surface area contributed by atoms with Crippen molar-refractivity contribution in [1.82, 2.24) is 14.7 Å². The minimum atomic E-state index is -3.95. The van der Waals surface area contributed by atoms with Gasteiger partial charge in [0.25, 0.3) is 0 Å². The lowest BCUT2D eigenvalue weighted by Crippen LogP contribution is -2.36. The Bertz CT molecular complexity index is 1340. The van der Waals surface area contributed by atoms with Crippen LogP contribution in [0.4, 0.5) is 10.5 Å². The molecule has 3 rings (SSSR count). The fraction of sp³-hybridized carbons (Fsp3) is 0.556. The van der Waals surface area contributed by atoms with Crippen LogP contribution >= 0.6 is 0 Å². The van der Waals surface area contributed by atoms with E-state index in [1.165, 1.54) is 29.2 Å². The number of ether oxygens (including phenoxy) is 1. The lowest BCUT2D eigenvalue weighted by Gasteiger charge is -2.24. The van der Waals surface area contributed by atoms with Gasteiger partial charge in [-0.05, 0) is 57.9 Å². The summed E-state index contributed by atoms with van der Waals surface area (Å²) in [5, 5.41) is 4.57.